The number of rotatable bonds is 8. The van der Waals surface area contributed by atoms with Gasteiger partial charge in [0.2, 0.25) is 0 Å². The highest BCUT2D eigenvalue weighted by Gasteiger charge is 2.34. The van der Waals surface area contributed by atoms with Crippen molar-refractivity contribution in [2.75, 3.05) is 35.0 Å². The summed E-state index contributed by atoms with van der Waals surface area (Å²) >= 11 is 1.23. The number of fused-ring (bicyclic) bond motifs is 1. The molecule has 0 spiro atoms. The average molecular weight is 525 g/mol. The maximum Gasteiger partial charge on any atom is 0.338 e. The molecule has 2 aromatic carbocycles. The van der Waals surface area contributed by atoms with Gasteiger partial charge in [-0.3, -0.25) is 9.36 Å². The molecule has 37 heavy (non-hydrogen) atoms. The maximum atomic E-state index is 13.8. The van der Waals surface area contributed by atoms with Gasteiger partial charge >= 0.3 is 5.97 Å². The zero-order chi connectivity index (χ0) is 26.7. The summed E-state index contributed by atoms with van der Waals surface area (Å²) < 4.78 is 29.0. The molecule has 9 nitrogen and oxygen atoms in total. The van der Waals surface area contributed by atoms with Gasteiger partial charge in [0.05, 0.1) is 56.9 Å². The number of carbonyl (C=O) groups is 1. The van der Waals surface area contributed by atoms with Crippen LogP contribution in [0.15, 0.2) is 57.5 Å². The predicted octanol–water partition coefficient (Wildman–Crippen LogP) is 2.83. The van der Waals surface area contributed by atoms with E-state index >= 15 is 0 Å². The molecule has 0 saturated heterocycles. The van der Waals surface area contributed by atoms with Gasteiger partial charge in [0.1, 0.15) is 11.5 Å². The quantitative estimate of drug-likeness (QED) is 0.418. The van der Waals surface area contributed by atoms with E-state index < -0.39 is 12.0 Å². The van der Waals surface area contributed by atoms with Crippen LogP contribution in [0, 0.1) is 0 Å². The number of allylic oxidation sites excluding steroid dienone is 1. The monoisotopic (exact) mass is 524 g/mol. The van der Waals surface area contributed by atoms with Crippen LogP contribution in [0.4, 0.5) is 0 Å². The zero-order valence-electron chi connectivity index (χ0n) is 21.5. The number of esters is 1. The number of nitrogens with zero attached hydrogens (tertiary/aromatic N) is 2. The smallest absolute Gasteiger partial charge is 0.338 e. The van der Waals surface area contributed by atoms with Crippen LogP contribution in [0.2, 0.25) is 0 Å². The van der Waals surface area contributed by atoms with Crippen LogP contribution in [0.3, 0.4) is 0 Å². The lowest BCUT2D eigenvalue weighted by Gasteiger charge is -2.25. The normalized spacial score (nSPS) is 15.1. The highest BCUT2D eigenvalue weighted by atomic mass is 32.1. The molecule has 3 aromatic rings. The summed E-state index contributed by atoms with van der Waals surface area (Å²) in [6, 6.07) is 9.86. The maximum absolute atomic E-state index is 13.8. The Balaban J connectivity index is 1.98. The second-order valence-electron chi connectivity index (χ2n) is 8.02. The third-order valence-electron chi connectivity index (χ3n) is 5.96. The second-order valence-corrected chi connectivity index (χ2v) is 9.03. The summed E-state index contributed by atoms with van der Waals surface area (Å²) in [6.07, 6.45) is 1.74. The van der Waals surface area contributed by atoms with E-state index in [2.05, 4.69) is 4.99 Å². The van der Waals surface area contributed by atoms with E-state index in [0.717, 1.165) is 0 Å². The molecule has 0 saturated carbocycles. The fourth-order valence-corrected chi connectivity index (χ4v) is 5.26. The minimum absolute atomic E-state index is 0.189. The topological polar surface area (TPSA) is 97.6 Å². The number of aromatic nitrogens is 1. The molecule has 0 bridgehead atoms. The number of hydrogen-bond donors (Lipinski definition) is 0. The number of methoxy groups -OCH3 is 4. The van der Waals surface area contributed by atoms with Crippen LogP contribution < -0.4 is 33.8 Å². The van der Waals surface area contributed by atoms with Crippen LogP contribution in [0.25, 0.3) is 6.08 Å². The summed E-state index contributed by atoms with van der Waals surface area (Å²) in [4.78, 5) is 32.0. The van der Waals surface area contributed by atoms with Crippen molar-refractivity contribution in [2.45, 2.75) is 19.9 Å². The first kappa shape index (κ1) is 26.0. The molecule has 2 heterocycles. The van der Waals surface area contributed by atoms with Crippen molar-refractivity contribution in [3.63, 3.8) is 0 Å². The van der Waals surface area contributed by atoms with E-state index in [9.17, 15) is 9.59 Å². The van der Waals surface area contributed by atoms with Gasteiger partial charge in [-0.2, -0.15) is 0 Å². The predicted molar refractivity (Wildman–Crippen MR) is 139 cm³/mol. The molecule has 0 aliphatic carbocycles. The Bertz CT molecular complexity index is 1550. The van der Waals surface area contributed by atoms with Crippen LogP contribution in [-0.4, -0.2) is 45.6 Å². The fourth-order valence-electron chi connectivity index (χ4n) is 4.22. The van der Waals surface area contributed by atoms with E-state index in [-0.39, 0.29) is 17.7 Å². The summed E-state index contributed by atoms with van der Waals surface area (Å²) in [6.45, 7) is 3.66. The first-order valence-corrected chi connectivity index (χ1v) is 12.3. The molecule has 1 aromatic heterocycles. The van der Waals surface area contributed by atoms with Gasteiger partial charge in [-0.1, -0.05) is 17.4 Å². The summed E-state index contributed by atoms with van der Waals surface area (Å²) in [5.41, 5.74) is 1.79. The van der Waals surface area contributed by atoms with E-state index in [1.165, 1.54) is 23.0 Å². The molecule has 4 rings (SSSR count). The Hall–Kier alpha value is -4.05. The van der Waals surface area contributed by atoms with Crippen molar-refractivity contribution >= 4 is 23.4 Å². The van der Waals surface area contributed by atoms with Gasteiger partial charge < -0.3 is 23.7 Å². The highest BCUT2D eigenvalue weighted by Crippen LogP contribution is 2.36. The Kier molecular flexibility index (Phi) is 7.68. The first-order chi connectivity index (χ1) is 17.9. The van der Waals surface area contributed by atoms with E-state index in [1.807, 2.05) is 0 Å². The standard InChI is InChI=1S/C27H28N2O7S/c1-7-36-26(31)23-15(2)28-27-29(24(23)16-8-10-20(34-5)21(13-16)35-6)25(30)22(37-27)14-17-12-18(32-3)9-11-19(17)33-4/h8-14,24H,7H2,1-6H3/b22-14+. The average Bonchev–Trinajstić information content (AvgIpc) is 3.21. The van der Waals surface area contributed by atoms with Crippen LogP contribution in [-0.2, 0) is 9.53 Å². The lowest BCUT2D eigenvalue weighted by molar-refractivity contribution is -0.139. The third kappa shape index (κ3) is 4.84. The van der Waals surface area contributed by atoms with Crippen molar-refractivity contribution in [1.82, 2.24) is 4.57 Å². The molecular formula is C27H28N2O7S. The van der Waals surface area contributed by atoms with Crippen LogP contribution >= 0.6 is 11.3 Å². The minimum atomic E-state index is -0.774. The van der Waals surface area contributed by atoms with Crippen molar-refractivity contribution in [3.8, 4) is 23.0 Å². The zero-order valence-corrected chi connectivity index (χ0v) is 22.3. The Morgan fingerprint density at radius 2 is 1.70 bits per heavy atom. The molecule has 0 fully saturated rings. The molecule has 194 valence electrons. The largest absolute Gasteiger partial charge is 0.497 e. The molecule has 1 unspecified atom stereocenters. The molecule has 1 aliphatic heterocycles. The lowest BCUT2D eigenvalue weighted by atomic mass is 9.95. The van der Waals surface area contributed by atoms with Crippen LogP contribution in [0.5, 0.6) is 23.0 Å². The third-order valence-corrected chi connectivity index (χ3v) is 6.95. The number of ether oxygens (including phenoxy) is 5. The summed E-state index contributed by atoms with van der Waals surface area (Å²) in [7, 11) is 6.21. The first-order valence-electron chi connectivity index (χ1n) is 11.5. The van der Waals surface area contributed by atoms with Crippen molar-refractivity contribution < 1.29 is 28.5 Å². The molecular weight excluding hydrogens is 496 g/mol. The number of carbonyl (C=O) groups excluding carboxylic acids is 1. The highest BCUT2D eigenvalue weighted by molar-refractivity contribution is 7.07. The Morgan fingerprint density at radius 3 is 2.35 bits per heavy atom. The van der Waals surface area contributed by atoms with Gasteiger partial charge in [0, 0.05) is 5.56 Å². The number of hydrogen-bond acceptors (Lipinski definition) is 9. The summed E-state index contributed by atoms with van der Waals surface area (Å²) in [5, 5.41) is 0. The van der Waals surface area contributed by atoms with Gasteiger partial charge in [-0.05, 0) is 55.8 Å². The molecule has 0 N–H and O–H groups in total. The molecule has 0 radical (unpaired) electrons. The van der Waals surface area contributed by atoms with Crippen LogP contribution in [0.1, 0.15) is 31.0 Å². The van der Waals surface area contributed by atoms with Gasteiger partial charge in [0.15, 0.2) is 16.3 Å². The Labute approximate surface area is 217 Å². The molecule has 1 atom stereocenters. The van der Waals surface area contributed by atoms with E-state index in [0.29, 0.717) is 49.2 Å². The lowest BCUT2D eigenvalue weighted by Crippen LogP contribution is -2.40. The second kappa shape index (κ2) is 10.9. The van der Waals surface area contributed by atoms with Gasteiger partial charge in [-0.15, -0.1) is 0 Å². The number of benzene rings is 2. The van der Waals surface area contributed by atoms with E-state index in [4.69, 9.17) is 23.7 Å². The molecule has 0 amide bonds. The fraction of sp³-hybridized carbons (Fsp3) is 0.296. The molecule has 10 heteroatoms. The Morgan fingerprint density at radius 1 is 1.00 bits per heavy atom. The van der Waals surface area contributed by atoms with Gasteiger partial charge in [0.25, 0.3) is 5.56 Å². The minimum Gasteiger partial charge on any atom is -0.497 e. The van der Waals surface area contributed by atoms with Crippen molar-refractivity contribution in [2.24, 2.45) is 4.99 Å². The van der Waals surface area contributed by atoms with Crippen molar-refractivity contribution in [3.05, 3.63) is 78.5 Å². The van der Waals surface area contributed by atoms with E-state index in [1.54, 1.807) is 77.7 Å². The molecule has 1 aliphatic rings. The number of thiazole rings is 1. The van der Waals surface area contributed by atoms with Gasteiger partial charge in [-0.25, -0.2) is 9.79 Å². The summed E-state index contributed by atoms with van der Waals surface area (Å²) in [5.74, 6) is 1.69. The SMILES string of the molecule is CCOC(=O)C1=C(C)N=c2s/c(=C/c3cc(OC)ccc3OC)c(=O)n2C1c1ccc(OC)c(OC)c1. The van der Waals surface area contributed by atoms with Crippen molar-refractivity contribution in [1.29, 1.82) is 0 Å².